The van der Waals surface area contributed by atoms with Crippen LogP contribution in [-0.2, 0) is 47.7 Å². The number of amides is 2. The summed E-state index contributed by atoms with van der Waals surface area (Å²) >= 11 is 0. The highest BCUT2D eigenvalue weighted by atomic mass is 32.2. The lowest BCUT2D eigenvalue weighted by Gasteiger charge is -2.25. The fourth-order valence-corrected chi connectivity index (χ4v) is 6.29. The lowest BCUT2D eigenvalue weighted by molar-refractivity contribution is 0.187. The maximum absolute atomic E-state index is 13.3. The summed E-state index contributed by atoms with van der Waals surface area (Å²) in [5, 5.41) is 7.00. The summed E-state index contributed by atoms with van der Waals surface area (Å²) in [6.45, 7) is 1.34. The van der Waals surface area contributed by atoms with Crippen LogP contribution in [0.15, 0.2) is 18.5 Å². The van der Waals surface area contributed by atoms with Crippen molar-refractivity contribution in [2.24, 2.45) is 13.0 Å². The molecule has 2 aliphatic carbocycles. The first-order valence-electron chi connectivity index (χ1n) is 11.2. The van der Waals surface area contributed by atoms with Gasteiger partial charge in [0.1, 0.15) is 0 Å². The molecule has 172 valence electrons. The Balaban J connectivity index is 1.38. The second-order valence-corrected chi connectivity index (χ2v) is 10.5. The Morgan fingerprint density at radius 2 is 1.94 bits per heavy atom. The largest absolute Gasteiger partial charge is 0.381 e. The van der Waals surface area contributed by atoms with Gasteiger partial charge in [-0.3, -0.25) is 4.68 Å². The quantitative estimate of drug-likeness (QED) is 0.690. The Bertz CT molecular complexity index is 1110. The Morgan fingerprint density at radius 3 is 2.53 bits per heavy atom. The number of aromatic nitrogens is 2. The van der Waals surface area contributed by atoms with Crippen LogP contribution in [0.3, 0.4) is 0 Å². The molecule has 1 atom stereocenters. The number of benzene rings is 1. The van der Waals surface area contributed by atoms with Gasteiger partial charge in [-0.2, -0.15) is 13.5 Å². The van der Waals surface area contributed by atoms with Crippen molar-refractivity contribution in [1.29, 1.82) is 0 Å². The van der Waals surface area contributed by atoms with E-state index < -0.39 is 16.2 Å². The number of carbonyl (C=O) groups excluding carboxylic acids is 1. The smallest absolute Gasteiger partial charge is 0.334 e. The fraction of sp³-hybridized carbons (Fsp3) is 0.545. The Labute approximate surface area is 188 Å². The zero-order valence-electron chi connectivity index (χ0n) is 18.3. The van der Waals surface area contributed by atoms with Crippen LogP contribution in [0.2, 0.25) is 0 Å². The van der Waals surface area contributed by atoms with Crippen molar-refractivity contribution in [2.75, 3.05) is 29.4 Å². The van der Waals surface area contributed by atoms with Gasteiger partial charge < -0.3 is 10.1 Å². The summed E-state index contributed by atoms with van der Waals surface area (Å²) in [5.41, 5.74) is 6.11. The number of rotatable bonds is 6. The van der Waals surface area contributed by atoms with Crippen LogP contribution in [0.25, 0.3) is 0 Å². The van der Waals surface area contributed by atoms with Gasteiger partial charge in [0.15, 0.2) is 0 Å². The number of fused-ring (bicyclic) bond motifs is 2. The minimum atomic E-state index is -4.13. The van der Waals surface area contributed by atoms with Gasteiger partial charge in [-0.15, -0.1) is 0 Å². The highest BCUT2D eigenvalue weighted by Gasteiger charge is 2.31. The van der Waals surface area contributed by atoms with Crippen LogP contribution < -0.4 is 14.3 Å². The molecule has 5 rings (SSSR count). The van der Waals surface area contributed by atoms with E-state index in [0.717, 1.165) is 61.8 Å². The van der Waals surface area contributed by atoms with Crippen LogP contribution in [0, 0.1) is 5.92 Å². The first-order valence-corrected chi connectivity index (χ1v) is 12.7. The second-order valence-electron chi connectivity index (χ2n) is 8.93. The molecule has 1 aromatic carbocycles. The average Bonchev–Trinajstić information content (AvgIpc) is 3.52. The van der Waals surface area contributed by atoms with Gasteiger partial charge in [-0.05, 0) is 67.2 Å². The summed E-state index contributed by atoms with van der Waals surface area (Å²) in [4.78, 5) is 12.9. The van der Waals surface area contributed by atoms with Gasteiger partial charge in [0.05, 0.1) is 18.5 Å². The zero-order chi connectivity index (χ0) is 22.3. The third kappa shape index (κ3) is 4.09. The molecule has 1 fully saturated rings. The van der Waals surface area contributed by atoms with E-state index >= 15 is 0 Å². The van der Waals surface area contributed by atoms with Crippen molar-refractivity contribution in [3.63, 3.8) is 0 Å². The van der Waals surface area contributed by atoms with Crippen molar-refractivity contribution >= 4 is 27.6 Å². The molecule has 0 radical (unpaired) electrons. The molecule has 1 saturated heterocycles. The maximum atomic E-state index is 13.3. The van der Waals surface area contributed by atoms with E-state index in [-0.39, 0.29) is 12.5 Å². The van der Waals surface area contributed by atoms with Crippen molar-refractivity contribution in [1.82, 2.24) is 14.5 Å². The number of nitrogens with one attached hydrogen (secondary N) is 2. The number of aryl methyl sites for hydroxylation is 3. The molecule has 2 amide bonds. The number of ether oxygens (including phenoxy) is 1. The van der Waals surface area contributed by atoms with E-state index in [1.807, 2.05) is 0 Å². The van der Waals surface area contributed by atoms with Crippen molar-refractivity contribution < 1.29 is 17.9 Å². The third-order valence-corrected chi connectivity index (χ3v) is 8.03. The van der Waals surface area contributed by atoms with Crippen LogP contribution >= 0.6 is 0 Å². The van der Waals surface area contributed by atoms with Crippen molar-refractivity contribution in [3.8, 4) is 0 Å². The van der Waals surface area contributed by atoms with E-state index in [1.165, 1.54) is 21.6 Å². The lowest BCUT2D eigenvalue weighted by Crippen LogP contribution is -2.47. The molecule has 0 bridgehead atoms. The summed E-state index contributed by atoms with van der Waals surface area (Å²) in [6, 6.07) is 1.55. The summed E-state index contributed by atoms with van der Waals surface area (Å²) < 4.78 is 37.0. The summed E-state index contributed by atoms with van der Waals surface area (Å²) in [5.74, 6) is 0.0653. The second kappa shape index (κ2) is 8.40. The minimum absolute atomic E-state index is 0.0653. The van der Waals surface area contributed by atoms with Crippen LogP contribution in [0.4, 0.5) is 16.2 Å². The highest BCUT2D eigenvalue weighted by molar-refractivity contribution is 7.91. The molecular formula is C22H29N5O4S. The molecule has 10 heteroatoms. The number of carbonyl (C=O) groups is 1. The molecular weight excluding hydrogens is 430 g/mol. The number of anilines is 2. The predicted octanol–water partition coefficient (Wildman–Crippen LogP) is 2.31. The van der Waals surface area contributed by atoms with Crippen LogP contribution in [0.5, 0.6) is 0 Å². The van der Waals surface area contributed by atoms with Gasteiger partial charge in [0.25, 0.3) is 0 Å². The zero-order valence-corrected chi connectivity index (χ0v) is 19.1. The van der Waals surface area contributed by atoms with Gasteiger partial charge in [-0.25, -0.2) is 13.8 Å². The van der Waals surface area contributed by atoms with E-state index in [1.54, 1.807) is 17.9 Å². The molecule has 2 heterocycles. The lowest BCUT2D eigenvalue weighted by atomic mass is 9.99. The molecule has 1 aliphatic heterocycles. The standard InChI is InChI=1S/C22H29N5O4S/c1-26-13-18(11-23-26)27(12-15-8-9-31-14-15)32(29,30)25-22(28)24-21-19-6-2-4-16(19)10-17-5-3-7-20(17)21/h10-11,13,15H,2-9,12,14H2,1H3,(H2,24,25,28)/t15-/m0/s1. The molecule has 9 nitrogen and oxygen atoms in total. The molecule has 0 unspecified atom stereocenters. The monoisotopic (exact) mass is 459 g/mol. The number of urea groups is 1. The van der Waals surface area contributed by atoms with E-state index in [0.29, 0.717) is 18.9 Å². The van der Waals surface area contributed by atoms with Gasteiger partial charge in [-0.1, -0.05) is 6.07 Å². The van der Waals surface area contributed by atoms with E-state index in [4.69, 9.17) is 4.74 Å². The van der Waals surface area contributed by atoms with Gasteiger partial charge >= 0.3 is 16.2 Å². The number of nitrogens with zero attached hydrogens (tertiary/aromatic N) is 3. The molecule has 2 aromatic rings. The highest BCUT2D eigenvalue weighted by Crippen LogP contribution is 2.38. The maximum Gasteiger partial charge on any atom is 0.334 e. The third-order valence-electron chi connectivity index (χ3n) is 6.65. The minimum Gasteiger partial charge on any atom is -0.381 e. The number of hydrogen-bond donors (Lipinski definition) is 2. The molecule has 0 saturated carbocycles. The van der Waals surface area contributed by atoms with Crippen LogP contribution in [-0.4, -0.2) is 44.0 Å². The average molecular weight is 460 g/mol. The Morgan fingerprint density at radius 1 is 1.22 bits per heavy atom. The summed E-state index contributed by atoms with van der Waals surface area (Å²) in [6.07, 6.45) is 9.86. The molecule has 3 aliphatic rings. The molecule has 32 heavy (non-hydrogen) atoms. The van der Waals surface area contributed by atoms with E-state index in [9.17, 15) is 13.2 Å². The Hall–Kier alpha value is -2.59. The fourth-order valence-electron chi connectivity index (χ4n) is 5.12. The molecule has 1 aromatic heterocycles. The predicted molar refractivity (Wildman–Crippen MR) is 121 cm³/mol. The number of hydrogen-bond acceptors (Lipinski definition) is 5. The summed E-state index contributed by atoms with van der Waals surface area (Å²) in [7, 11) is -2.41. The molecule has 2 N–H and O–H groups in total. The normalized spacial score (nSPS) is 19.6. The first-order chi connectivity index (χ1) is 15.4. The first kappa shape index (κ1) is 21.3. The topological polar surface area (TPSA) is 106 Å². The van der Waals surface area contributed by atoms with Gasteiger partial charge in [0.2, 0.25) is 0 Å². The van der Waals surface area contributed by atoms with Crippen LogP contribution in [0.1, 0.15) is 41.5 Å². The van der Waals surface area contributed by atoms with Crippen molar-refractivity contribution in [3.05, 3.63) is 40.7 Å². The SMILES string of the molecule is Cn1cc(N(C[C@@H]2CCOC2)S(=O)(=O)NC(=O)Nc2c3c(cc4c2CCC4)CCC3)cn1. The van der Waals surface area contributed by atoms with E-state index in [2.05, 4.69) is 21.2 Å². The Kier molecular flexibility index (Phi) is 5.58. The molecule has 0 spiro atoms. The van der Waals surface area contributed by atoms with Crippen molar-refractivity contribution in [2.45, 2.75) is 44.9 Å². The van der Waals surface area contributed by atoms with Gasteiger partial charge in [0, 0.05) is 38.0 Å².